The number of thiophene rings is 2. The second kappa shape index (κ2) is 6.15. The predicted molar refractivity (Wildman–Crippen MR) is 84.6 cm³/mol. The Bertz CT molecular complexity index is 685. The number of ether oxygens (including phenoxy) is 1. The van der Waals surface area contributed by atoms with E-state index in [9.17, 15) is 4.79 Å². The summed E-state index contributed by atoms with van der Waals surface area (Å²) in [5.74, 6) is 0.121. The molecule has 0 saturated carbocycles. The lowest BCUT2D eigenvalue weighted by molar-refractivity contribution is 0.0519. The van der Waals surface area contributed by atoms with Crippen molar-refractivity contribution in [1.82, 2.24) is 9.97 Å². The van der Waals surface area contributed by atoms with Gasteiger partial charge in [-0.25, -0.2) is 14.8 Å². The fraction of sp³-hybridized carbons (Fsp3) is 0.133. The molecule has 0 atom stereocenters. The Morgan fingerprint density at radius 2 is 1.86 bits per heavy atom. The van der Waals surface area contributed by atoms with Crippen molar-refractivity contribution in [2.75, 3.05) is 6.61 Å². The molecule has 3 aromatic heterocycles. The van der Waals surface area contributed by atoms with E-state index in [1.807, 2.05) is 33.7 Å². The Morgan fingerprint density at radius 3 is 2.48 bits per heavy atom. The van der Waals surface area contributed by atoms with Crippen LogP contribution in [0.25, 0.3) is 22.6 Å². The van der Waals surface area contributed by atoms with Gasteiger partial charge in [0.2, 0.25) is 0 Å². The molecule has 0 unspecified atom stereocenters. The van der Waals surface area contributed by atoms with Crippen LogP contribution in [0.4, 0.5) is 0 Å². The van der Waals surface area contributed by atoms with Crippen molar-refractivity contribution in [3.05, 3.63) is 45.4 Å². The molecule has 3 heterocycles. The molecule has 0 aliphatic heterocycles. The van der Waals surface area contributed by atoms with E-state index in [1.165, 1.54) is 0 Å². The summed E-state index contributed by atoms with van der Waals surface area (Å²) in [4.78, 5) is 20.9. The van der Waals surface area contributed by atoms with Gasteiger partial charge in [0.15, 0.2) is 11.5 Å². The molecule has 0 aliphatic carbocycles. The molecule has 0 amide bonds. The van der Waals surface area contributed by atoms with Gasteiger partial charge in [0.25, 0.3) is 0 Å². The Hall–Kier alpha value is -2.05. The van der Waals surface area contributed by atoms with Crippen molar-refractivity contribution in [2.45, 2.75) is 6.92 Å². The molecule has 106 valence electrons. The van der Waals surface area contributed by atoms with E-state index in [0.717, 1.165) is 16.8 Å². The standard InChI is InChI=1S/C15H12N2O2S2/c1-2-19-15(18)13-7-12(10-3-5-20-8-10)16-14(17-13)11-4-6-21-9-11/h3-9H,2H2,1H3. The van der Waals surface area contributed by atoms with E-state index in [-0.39, 0.29) is 5.69 Å². The molecule has 0 aromatic carbocycles. The molecular weight excluding hydrogens is 304 g/mol. The Labute approximate surface area is 130 Å². The van der Waals surface area contributed by atoms with Crippen LogP contribution in [0.3, 0.4) is 0 Å². The van der Waals surface area contributed by atoms with Crippen molar-refractivity contribution >= 4 is 28.6 Å². The van der Waals surface area contributed by atoms with E-state index < -0.39 is 5.97 Å². The zero-order valence-electron chi connectivity index (χ0n) is 11.3. The third kappa shape index (κ3) is 3.01. The molecule has 3 rings (SSSR count). The van der Waals surface area contributed by atoms with Crippen LogP contribution >= 0.6 is 22.7 Å². The topological polar surface area (TPSA) is 52.1 Å². The summed E-state index contributed by atoms with van der Waals surface area (Å²) in [6.45, 7) is 2.10. The SMILES string of the molecule is CCOC(=O)c1cc(-c2ccsc2)nc(-c2ccsc2)n1. The van der Waals surface area contributed by atoms with Gasteiger partial charge >= 0.3 is 5.97 Å². The minimum Gasteiger partial charge on any atom is -0.461 e. The summed E-state index contributed by atoms with van der Waals surface area (Å²) in [5, 5.41) is 7.89. The van der Waals surface area contributed by atoms with Gasteiger partial charge in [-0.1, -0.05) is 0 Å². The smallest absolute Gasteiger partial charge is 0.357 e. The molecule has 0 aliphatic rings. The first-order chi connectivity index (χ1) is 10.3. The number of hydrogen-bond donors (Lipinski definition) is 0. The average Bonchev–Trinajstić information content (AvgIpc) is 3.20. The van der Waals surface area contributed by atoms with Crippen molar-refractivity contribution in [3.63, 3.8) is 0 Å². The first-order valence-electron chi connectivity index (χ1n) is 6.39. The fourth-order valence-electron chi connectivity index (χ4n) is 1.84. The molecule has 21 heavy (non-hydrogen) atoms. The maximum atomic E-state index is 12.0. The maximum Gasteiger partial charge on any atom is 0.357 e. The van der Waals surface area contributed by atoms with Gasteiger partial charge < -0.3 is 4.74 Å². The Kier molecular flexibility index (Phi) is 4.08. The summed E-state index contributed by atoms with van der Waals surface area (Å²) in [5.41, 5.74) is 2.90. The van der Waals surface area contributed by atoms with Crippen LogP contribution in [0.5, 0.6) is 0 Å². The van der Waals surface area contributed by atoms with Crippen molar-refractivity contribution in [3.8, 4) is 22.6 Å². The third-order valence-electron chi connectivity index (χ3n) is 2.81. The Balaban J connectivity index is 2.10. The summed E-state index contributed by atoms with van der Waals surface area (Å²) in [7, 11) is 0. The number of rotatable bonds is 4. The molecule has 6 heteroatoms. The van der Waals surface area contributed by atoms with Gasteiger partial charge in [0.1, 0.15) is 0 Å². The minimum atomic E-state index is -0.423. The van der Waals surface area contributed by atoms with Crippen molar-refractivity contribution in [1.29, 1.82) is 0 Å². The van der Waals surface area contributed by atoms with Crippen molar-refractivity contribution in [2.24, 2.45) is 0 Å². The zero-order valence-corrected chi connectivity index (χ0v) is 12.9. The Morgan fingerprint density at radius 1 is 1.14 bits per heavy atom. The zero-order chi connectivity index (χ0) is 14.7. The lowest BCUT2D eigenvalue weighted by Gasteiger charge is -2.06. The molecule has 0 spiro atoms. The van der Waals surface area contributed by atoms with E-state index in [1.54, 1.807) is 35.7 Å². The van der Waals surface area contributed by atoms with E-state index in [4.69, 9.17) is 4.74 Å². The number of aromatic nitrogens is 2. The lowest BCUT2D eigenvalue weighted by atomic mass is 10.2. The number of esters is 1. The fourth-order valence-corrected chi connectivity index (χ4v) is 3.12. The number of carbonyl (C=O) groups is 1. The molecule has 0 radical (unpaired) electrons. The minimum absolute atomic E-state index is 0.286. The highest BCUT2D eigenvalue weighted by Gasteiger charge is 2.15. The van der Waals surface area contributed by atoms with Gasteiger partial charge in [-0.3, -0.25) is 0 Å². The summed E-state index contributed by atoms with van der Waals surface area (Å²) < 4.78 is 5.05. The van der Waals surface area contributed by atoms with E-state index in [0.29, 0.717) is 12.4 Å². The monoisotopic (exact) mass is 316 g/mol. The van der Waals surface area contributed by atoms with Crippen LogP contribution in [-0.4, -0.2) is 22.5 Å². The van der Waals surface area contributed by atoms with E-state index >= 15 is 0 Å². The van der Waals surface area contributed by atoms with E-state index in [2.05, 4.69) is 9.97 Å². The molecular formula is C15H12N2O2S2. The maximum absolute atomic E-state index is 12.0. The van der Waals surface area contributed by atoms with Gasteiger partial charge in [0, 0.05) is 21.9 Å². The first kappa shape index (κ1) is 13.9. The first-order valence-corrected chi connectivity index (χ1v) is 8.28. The van der Waals surface area contributed by atoms with Gasteiger partial charge in [-0.05, 0) is 35.9 Å². The van der Waals surface area contributed by atoms with Crippen LogP contribution in [0.2, 0.25) is 0 Å². The molecule has 0 N–H and O–H groups in total. The van der Waals surface area contributed by atoms with Crippen LogP contribution in [0.1, 0.15) is 17.4 Å². The summed E-state index contributed by atoms with van der Waals surface area (Å²) in [6.07, 6.45) is 0. The molecule has 0 saturated heterocycles. The second-order valence-electron chi connectivity index (χ2n) is 4.21. The third-order valence-corrected chi connectivity index (χ3v) is 4.17. The highest BCUT2D eigenvalue weighted by molar-refractivity contribution is 7.08. The number of hydrogen-bond acceptors (Lipinski definition) is 6. The predicted octanol–water partition coefficient (Wildman–Crippen LogP) is 4.11. The molecule has 0 bridgehead atoms. The van der Waals surface area contributed by atoms with Gasteiger partial charge in [-0.15, -0.1) is 0 Å². The van der Waals surface area contributed by atoms with Crippen LogP contribution in [0, 0.1) is 0 Å². The molecule has 0 fully saturated rings. The highest BCUT2D eigenvalue weighted by Crippen LogP contribution is 2.25. The molecule has 3 aromatic rings. The normalized spacial score (nSPS) is 10.5. The largest absolute Gasteiger partial charge is 0.461 e. The highest BCUT2D eigenvalue weighted by atomic mass is 32.1. The van der Waals surface area contributed by atoms with Crippen LogP contribution in [-0.2, 0) is 4.74 Å². The molecule has 4 nitrogen and oxygen atoms in total. The van der Waals surface area contributed by atoms with Gasteiger partial charge in [0.05, 0.1) is 12.3 Å². The van der Waals surface area contributed by atoms with Crippen LogP contribution < -0.4 is 0 Å². The lowest BCUT2D eigenvalue weighted by Crippen LogP contribution is -2.09. The van der Waals surface area contributed by atoms with Crippen molar-refractivity contribution < 1.29 is 9.53 Å². The second-order valence-corrected chi connectivity index (χ2v) is 5.77. The number of carbonyl (C=O) groups excluding carboxylic acids is 1. The number of nitrogens with zero attached hydrogens (tertiary/aromatic N) is 2. The van der Waals surface area contributed by atoms with Gasteiger partial charge in [-0.2, -0.15) is 22.7 Å². The summed E-state index contributed by atoms with van der Waals surface area (Å²) in [6, 6.07) is 5.58. The summed E-state index contributed by atoms with van der Waals surface area (Å²) >= 11 is 3.16. The quantitative estimate of drug-likeness (QED) is 0.680. The average molecular weight is 316 g/mol. The van der Waals surface area contributed by atoms with Crippen LogP contribution in [0.15, 0.2) is 39.7 Å².